The molecular formula is C29H29N5O2S. The van der Waals surface area contributed by atoms with Gasteiger partial charge in [-0.15, -0.1) is 0 Å². The maximum atomic E-state index is 12.9. The zero-order valence-corrected chi connectivity index (χ0v) is 21.6. The third-order valence-corrected chi connectivity index (χ3v) is 7.57. The van der Waals surface area contributed by atoms with Crippen molar-refractivity contribution in [3.63, 3.8) is 0 Å². The molecule has 7 nitrogen and oxygen atoms in total. The van der Waals surface area contributed by atoms with Crippen LogP contribution in [0.5, 0.6) is 0 Å². The van der Waals surface area contributed by atoms with Crippen LogP contribution in [0.3, 0.4) is 0 Å². The number of hydrogen-bond donors (Lipinski definition) is 2. The monoisotopic (exact) mass is 511 g/mol. The van der Waals surface area contributed by atoms with Gasteiger partial charge in [-0.2, -0.15) is 5.10 Å². The number of benzene rings is 3. The van der Waals surface area contributed by atoms with Crippen molar-refractivity contribution < 1.29 is 8.42 Å². The molecule has 0 saturated heterocycles. The van der Waals surface area contributed by atoms with Crippen molar-refractivity contribution >= 4 is 26.6 Å². The van der Waals surface area contributed by atoms with Crippen LogP contribution in [-0.2, 0) is 16.4 Å². The molecule has 0 aliphatic carbocycles. The first-order valence-corrected chi connectivity index (χ1v) is 13.9. The van der Waals surface area contributed by atoms with E-state index in [0.717, 1.165) is 44.5 Å². The van der Waals surface area contributed by atoms with E-state index in [1.54, 1.807) is 6.20 Å². The van der Waals surface area contributed by atoms with Crippen LogP contribution in [-0.4, -0.2) is 42.4 Å². The Morgan fingerprint density at radius 3 is 2.35 bits per heavy atom. The molecule has 5 aromatic rings. The molecule has 2 heterocycles. The highest BCUT2D eigenvalue weighted by Crippen LogP contribution is 2.35. The van der Waals surface area contributed by atoms with Crippen molar-refractivity contribution in [3.05, 3.63) is 102 Å². The highest BCUT2D eigenvalue weighted by Gasteiger charge is 2.23. The van der Waals surface area contributed by atoms with Crippen molar-refractivity contribution in [2.45, 2.75) is 19.4 Å². The lowest BCUT2D eigenvalue weighted by atomic mass is 9.97. The Balaban J connectivity index is 1.59. The normalized spacial score (nSPS) is 12.5. The number of nitrogens with one attached hydrogen (secondary N) is 1. The molecule has 8 heteroatoms. The van der Waals surface area contributed by atoms with Crippen LogP contribution in [0.15, 0.2) is 91.1 Å². The fourth-order valence-corrected chi connectivity index (χ4v) is 5.51. The number of fused-ring (bicyclic) bond motifs is 1. The molecule has 5 rings (SSSR count). The Labute approximate surface area is 217 Å². The van der Waals surface area contributed by atoms with Crippen LogP contribution in [0, 0.1) is 6.92 Å². The van der Waals surface area contributed by atoms with Gasteiger partial charge in [0, 0.05) is 34.8 Å². The van der Waals surface area contributed by atoms with Gasteiger partial charge in [0.05, 0.1) is 29.4 Å². The van der Waals surface area contributed by atoms with Gasteiger partial charge < -0.3 is 5.73 Å². The second-order valence-electron chi connectivity index (χ2n) is 9.28. The van der Waals surface area contributed by atoms with Gasteiger partial charge in [-0.25, -0.2) is 8.42 Å². The molecule has 0 saturated carbocycles. The predicted octanol–water partition coefficient (Wildman–Crippen LogP) is 4.94. The van der Waals surface area contributed by atoms with Gasteiger partial charge in [0.2, 0.25) is 10.0 Å². The number of aromatic amines is 1. The molecule has 0 amide bonds. The molecule has 37 heavy (non-hydrogen) atoms. The lowest BCUT2D eigenvalue weighted by Gasteiger charge is -2.26. The van der Waals surface area contributed by atoms with Gasteiger partial charge in [-0.1, -0.05) is 66.7 Å². The number of nitrogens with zero attached hydrogens (tertiary/aromatic N) is 3. The van der Waals surface area contributed by atoms with E-state index in [1.807, 2.05) is 85.8 Å². The molecule has 188 valence electrons. The minimum atomic E-state index is -3.62. The summed E-state index contributed by atoms with van der Waals surface area (Å²) in [5, 5.41) is 8.37. The largest absolute Gasteiger partial charge is 0.326 e. The van der Waals surface area contributed by atoms with E-state index in [2.05, 4.69) is 16.3 Å². The lowest BCUT2D eigenvalue weighted by molar-refractivity contribution is 0.587. The Bertz CT molecular complexity index is 1630. The predicted molar refractivity (Wildman–Crippen MR) is 150 cm³/mol. The van der Waals surface area contributed by atoms with Crippen LogP contribution < -0.4 is 10.0 Å². The number of H-pyrrole nitrogens is 1. The van der Waals surface area contributed by atoms with Crippen molar-refractivity contribution in [2.24, 2.45) is 5.73 Å². The highest BCUT2D eigenvalue weighted by atomic mass is 32.2. The van der Waals surface area contributed by atoms with Gasteiger partial charge in [0.25, 0.3) is 0 Å². The standard InChI is InChI=1S/C29H29N5O2S/c1-20-26-16-23(13-14-28(26)33-32-20)27-17-25(18-31-29(27)22-11-7-4-8-12-22)34(37(2,35)36)19-24(30)15-21-9-5-3-6-10-21/h3-14,16-18,24H,15,19,30H2,1-2H3,(H,32,33). The molecule has 0 fully saturated rings. The summed E-state index contributed by atoms with van der Waals surface area (Å²) in [5.41, 5.74) is 13.3. The molecular weight excluding hydrogens is 482 g/mol. The number of aryl methyl sites for hydroxylation is 1. The molecule has 0 bridgehead atoms. The molecule has 3 aromatic carbocycles. The van der Waals surface area contributed by atoms with Crippen molar-refractivity contribution in [1.82, 2.24) is 15.2 Å². The summed E-state index contributed by atoms with van der Waals surface area (Å²) in [6.45, 7) is 2.12. The summed E-state index contributed by atoms with van der Waals surface area (Å²) < 4.78 is 27.2. The fraction of sp³-hybridized carbons (Fsp3) is 0.172. The number of hydrogen-bond acceptors (Lipinski definition) is 5. The SMILES string of the molecule is Cc1[nH]nc2ccc(-c3cc(N(CC(N)Cc4ccccc4)S(C)(=O)=O)cnc3-c3ccccc3)cc12. The van der Waals surface area contributed by atoms with Gasteiger partial charge in [0.1, 0.15) is 0 Å². The summed E-state index contributed by atoms with van der Waals surface area (Å²) in [7, 11) is -3.62. The van der Waals surface area contributed by atoms with Crippen molar-refractivity contribution in [2.75, 3.05) is 17.1 Å². The molecule has 3 N–H and O–H groups in total. The van der Waals surface area contributed by atoms with Crippen LogP contribution >= 0.6 is 0 Å². The molecule has 0 spiro atoms. The average Bonchev–Trinajstić information content (AvgIpc) is 3.27. The maximum Gasteiger partial charge on any atom is 0.232 e. The molecule has 2 aromatic heterocycles. The number of nitrogens with two attached hydrogens (primary N) is 1. The first-order chi connectivity index (χ1) is 17.8. The van der Waals surface area contributed by atoms with E-state index in [4.69, 9.17) is 10.7 Å². The smallest absolute Gasteiger partial charge is 0.232 e. The van der Waals surface area contributed by atoms with E-state index < -0.39 is 10.0 Å². The fourth-order valence-electron chi connectivity index (χ4n) is 4.57. The number of sulfonamides is 1. The van der Waals surface area contributed by atoms with Gasteiger partial charge in [-0.3, -0.25) is 14.4 Å². The minimum Gasteiger partial charge on any atom is -0.326 e. The number of pyridine rings is 1. The van der Waals surface area contributed by atoms with E-state index in [-0.39, 0.29) is 12.6 Å². The summed E-state index contributed by atoms with van der Waals surface area (Å²) in [6, 6.07) is 27.2. The second kappa shape index (κ2) is 10.2. The zero-order chi connectivity index (χ0) is 26.0. The second-order valence-corrected chi connectivity index (χ2v) is 11.2. The third kappa shape index (κ3) is 5.40. The Kier molecular flexibility index (Phi) is 6.78. The lowest BCUT2D eigenvalue weighted by Crippen LogP contribution is -2.42. The van der Waals surface area contributed by atoms with Crippen LogP contribution in [0.4, 0.5) is 5.69 Å². The maximum absolute atomic E-state index is 12.9. The average molecular weight is 512 g/mol. The van der Waals surface area contributed by atoms with E-state index in [0.29, 0.717) is 12.1 Å². The number of aromatic nitrogens is 3. The summed E-state index contributed by atoms with van der Waals surface area (Å²) in [5.74, 6) is 0. The van der Waals surface area contributed by atoms with Gasteiger partial charge >= 0.3 is 0 Å². The van der Waals surface area contributed by atoms with Crippen LogP contribution in [0.25, 0.3) is 33.3 Å². The molecule has 0 radical (unpaired) electrons. The quantitative estimate of drug-likeness (QED) is 0.307. The minimum absolute atomic E-state index is 0.138. The number of anilines is 1. The Hall–Kier alpha value is -4.01. The zero-order valence-electron chi connectivity index (χ0n) is 20.8. The number of rotatable bonds is 8. The first-order valence-electron chi connectivity index (χ1n) is 12.1. The van der Waals surface area contributed by atoms with Crippen LogP contribution in [0.2, 0.25) is 0 Å². The summed E-state index contributed by atoms with van der Waals surface area (Å²) in [4.78, 5) is 4.77. The van der Waals surface area contributed by atoms with Crippen molar-refractivity contribution in [1.29, 1.82) is 0 Å². The summed E-state index contributed by atoms with van der Waals surface area (Å²) >= 11 is 0. The molecule has 1 atom stereocenters. The van der Waals surface area contributed by atoms with Crippen molar-refractivity contribution in [3.8, 4) is 22.4 Å². The first kappa shape index (κ1) is 24.7. The topological polar surface area (TPSA) is 105 Å². The van der Waals surface area contributed by atoms with E-state index in [1.165, 1.54) is 10.6 Å². The van der Waals surface area contributed by atoms with Crippen LogP contribution in [0.1, 0.15) is 11.3 Å². The Morgan fingerprint density at radius 2 is 1.65 bits per heavy atom. The van der Waals surface area contributed by atoms with E-state index in [9.17, 15) is 8.42 Å². The third-order valence-electron chi connectivity index (χ3n) is 6.41. The highest BCUT2D eigenvalue weighted by molar-refractivity contribution is 7.92. The molecule has 0 aliphatic heterocycles. The summed E-state index contributed by atoms with van der Waals surface area (Å²) in [6.07, 6.45) is 3.38. The molecule has 1 unspecified atom stereocenters. The molecule has 0 aliphatic rings. The van der Waals surface area contributed by atoms with Gasteiger partial charge in [0.15, 0.2) is 0 Å². The van der Waals surface area contributed by atoms with E-state index >= 15 is 0 Å². The Morgan fingerprint density at radius 1 is 0.946 bits per heavy atom. The van der Waals surface area contributed by atoms with Gasteiger partial charge in [-0.05, 0) is 42.7 Å².